The first kappa shape index (κ1) is 15.5. The average Bonchev–Trinajstić information content (AvgIpc) is 3.24. The highest BCUT2D eigenvalue weighted by Gasteiger charge is 2.39. The van der Waals surface area contributed by atoms with Crippen LogP contribution in [0.15, 0.2) is 39.6 Å². The Morgan fingerprint density at radius 2 is 2.20 bits per heavy atom. The van der Waals surface area contributed by atoms with E-state index in [4.69, 9.17) is 9.05 Å². The third kappa shape index (κ3) is 2.79. The van der Waals surface area contributed by atoms with Crippen LogP contribution < -0.4 is 0 Å². The minimum absolute atomic E-state index is 0.204. The van der Waals surface area contributed by atoms with E-state index in [0.29, 0.717) is 18.3 Å². The molecule has 3 aromatic heterocycles. The van der Waals surface area contributed by atoms with Crippen molar-refractivity contribution in [3.05, 3.63) is 47.9 Å². The van der Waals surface area contributed by atoms with Crippen LogP contribution >= 0.6 is 0 Å². The maximum atomic E-state index is 12.6. The lowest BCUT2D eigenvalue weighted by Crippen LogP contribution is -2.45. The zero-order valence-electron chi connectivity index (χ0n) is 13.9. The lowest BCUT2D eigenvalue weighted by Gasteiger charge is -2.37. The first-order valence-corrected chi connectivity index (χ1v) is 8.15. The van der Waals surface area contributed by atoms with Gasteiger partial charge in [-0.05, 0) is 24.5 Å². The number of carbonyl (C=O) groups is 1. The van der Waals surface area contributed by atoms with Crippen LogP contribution in [0.25, 0.3) is 11.4 Å². The summed E-state index contributed by atoms with van der Waals surface area (Å²) in [4.78, 5) is 22.7. The summed E-state index contributed by atoms with van der Waals surface area (Å²) in [7, 11) is 0. The minimum atomic E-state index is -0.238. The Bertz CT molecular complexity index is 887. The summed E-state index contributed by atoms with van der Waals surface area (Å²) in [6.45, 7) is 4.61. The van der Waals surface area contributed by atoms with Crippen LogP contribution in [-0.2, 0) is 0 Å². The molecule has 0 aromatic carbocycles. The molecule has 0 aliphatic carbocycles. The van der Waals surface area contributed by atoms with Gasteiger partial charge in [0.2, 0.25) is 17.5 Å². The first-order valence-electron chi connectivity index (χ1n) is 8.15. The van der Waals surface area contributed by atoms with Gasteiger partial charge in [0.1, 0.15) is 6.04 Å². The number of pyridine rings is 1. The van der Waals surface area contributed by atoms with Crippen molar-refractivity contribution >= 4 is 5.91 Å². The van der Waals surface area contributed by atoms with Gasteiger partial charge < -0.3 is 13.9 Å². The van der Waals surface area contributed by atoms with E-state index in [1.807, 2.05) is 19.9 Å². The monoisotopic (exact) mass is 339 g/mol. The third-order valence-electron chi connectivity index (χ3n) is 4.26. The van der Waals surface area contributed by atoms with Gasteiger partial charge in [0.25, 0.3) is 5.91 Å². The van der Waals surface area contributed by atoms with E-state index in [1.54, 1.807) is 29.4 Å². The van der Waals surface area contributed by atoms with Crippen molar-refractivity contribution in [2.75, 3.05) is 6.54 Å². The minimum Gasteiger partial charge on any atom is -0.351 e. The summed E-state index contributed by atoms with van der Waals surface area (Å²) in [5.41, 5.74) is 1.53. The van der Waals surface area contributed by atoms with E-state index in [1.165, 1.54) is 0 Å². The quantitative estimate of drug-likeness (QED) is 0.720. The van der Waals surface area contributed by atoms with E-state index in [2.05, 4.69) is 20.3 Å². The Morgan fingerprint density at radius 3 is 2.84 bits per heavy atom. The van der Waals surface area contributed by atoms with Crippen molar-refractivity contribution in [3.8, 4) is 11.4 Å². The lowest BCUT2D eigenvalue weighted by atomic mass is 10.0. The summed E-state index contributed by atoms with van der Waals surface area (Å²) in [6.07, 6.45) is 4.12. The molecule has 3 aromatic rings. The molecule has 0 radical (unpaired) electrons. The normalized spacial score (nSPS) is 16.9. The van der Waals surface area contributed by atoms with Crippen LogP contribution in [0.5, 0.6) is 0 Å². The number of aromatic nitrogens is 4. The summed E-state index contributed by atoms with van der Waals surface area (Å²) >= 11 is 0. The number of likely N-dealkylation sites (tertiary alicyclic amines) is 1. The van der Waals surface area contributed by atoms with E-state index in [9.17, 15) is 4.79 Å². The Kier molecular flexibility index (Phi) is 3.79. The molecule has 1 aliphatic heterocycles. The maximum absolute atomic E-state index is 12.6. The lowest BCUT2D eigenvalue weighted by molar-refractivity contribution is 0.0339. The highest BCUT2D eigenvalue weighted by molar-refractivity contribution is 5.92. The van der Waals surface area contributed by atoms with Gasteiger partial charge in [-0.15, -0.1) is 0 Å². The fraction of sp³-hybridized carbons (Fsp3) is 0.353. The second kappa shape index (κ2) is 6.12. The average molecular weight is 339 g/mol. The molecule has 25 heavy (non-hydrogen) atoms. The number of carbonyl (C=O) groups excluding carboxylic acids is 1. The fourth-order valence-electron chi connectivity index (χ4n) is 2.67. The SMILES string of the molecule is CC(C)c1cc(C(=O)N2CCC2c2nc(-c3cccnc3)no2)on1. The topological polar surface area (TPSA) is 98.2 Å². The Morgan fingerprint density at radius 1 is 1.32 bits per heavy atom. The van der Waals surface area contributed by atoms with Crippen molar-refractivity contribution in [1.82, 2.24) is 25.2 Å². The van der Waals surface area contributed by atoms with Gasteiger partial charge in [-0.25, -0.2) is 0 Å². The molecule has 4 rings (SSSR count). The third-order valence-corrected chi connectivity index (χ3v) is 4.26. The molecule has 1 atom stereocenters. The van der Waals surface area contributed by atoms with Crippen molar-refractivity contribution in [1.29, 1.82) is 0 Å². The highest BCUT2D eigenvalue weighted by Crippen LogP contribution is 2.34. The molecule has 0 bridgehead atoms. The Hall–Kier alpha value is -3.03. The molecule has 0 spiro atoms. The summed E-state index contributed by atoms with van der Waals surface area (Å²) in [5, 5.41) is 7.92. The van der Waals surface area contributed by atoms with Gasteiger partial charge in [0, 0.05) is 30.6 Å². The molecule has 1 aliphatic rings. The maximum Gasteiger partial charge on any atom is 0.293 e. The van der Waals surface area contributed by atoms with Crippen molar-refractivity contribution in [3.63, 3.8) is 0 Å². The molecule has 1 saturated heterocycles. The summed E-state index contributed by atoms with van der Waals surface area (Å²) in [5.74, 6) is 1.11. The van der Waals surface area contributed by atoms with Crippen LogP contribution in [-0.4, -0.2) is 37.6 Å². The second-order valence-corrected chi connectivity index (χ2v) is 6.27. The van der Waals surface area contributed by atoms with Crippen LogP contribution in [0.4, 0.5) is 0 Å². The smallest absolute Gasteiger partial charge is 0.293 e. The molecular formula is C17H17N5O3. The number of hydrogen-bond acceptors (Lipinski definition) is 7. The van der Waals surface area contributed by atoms with E-state index >= 15 is 0 Å². The molecule has 128 valence electrons. The zero-order chi connectivity index (χ0) is 17.4. The molecule has 8 nitrogen and oxygen atoms in total. The molecule has 4 heterocycles. The zero-order valence-corrected chi connectivity index (χ0v) is 13.9. The Labute approximate surface area is 143 Å². The van der Waals surface area contributed by atoms with Crippen molar-refractivity contribution in [2.45, 2.75) is 32.2 Å². The van der Waals surface area contributed by atoms with Gasteiger partial charge in [-0.2, -0.15) is 4.98 Å². The number of hydrogen-bond donors (Lipinski definition) is 0. The van der Waals surface area contributed by atoms with Crippen molar-refractivity contribution in [2.24, 2.45) is 0 Å². The van der Waals surface area contributed by atoms with E-state index < -0.39 is 0 Å². The van der Waals surface area contributed by atoms with E-state index in [0.717, 1.165) is 17.7 Å². The summed E-state index contributed by atoms with van der Waals surface area (Å²) in [6, 6.07) is 5.11. The van der Waals surface area contributed by atoms with Crippen LogP contribution in [0.2, 0.25) is 0 Å². The molecular weight excluding hydrogens is 322 g/mol. The number of amides is 1. The predicted molar refractivity (Wildman–Crippen MR) is 86.5 cm³/mol. The molecule has 8 heteroatoms. The largest absolute Gasteiger partial charge is 0.351 e. The van der Waals surface area contributed by atoms with Gasteiger partial charge >= 0.3 is 0 Å². The van der Waals surface area contributed by atoms with Gasteiger partial charge in [-0.1, -0.05) is 24.2 Å². The molecule has 0 N–H and O–H groups in total. The molecule has 1 fully saturated rings. The first-order chi connectivity index (χ1) is 12.1. The summed E-state index contributed by atoms with van der Waals surface area (Å²) < 4.78 is 10.5. The van der Waals surface area contributed by atoms with Crippen molar-refractivity contribution < 1.29 is 13.8 Å². The standard InChI is InChI=1S/C17H17N5O3/c1-10(2)12-8-14(24-20-12)17(23)22-7-5-13(22)16-19-15(21-25-16)11-4-3-6-18-9-11/h3-4,6,8-10,13H,5,7H2,1-2H3. The second-order valence-electron chi connectivity index (χ2n) is 6.27. The van der Waals surface area contributed by atoms with Gasteiger partial charge in [0.15, 0.2) is 0 Å². The number of rotatable bonds is 4. The Balaban J connectivity index is 1.52. The van der Waals surface area contributed by atoms with Crippen LogP contribution in [0.3, 0.4) is 0 Å². The van der Waals surface area contributed by atoms with Gasteiger partial charge in [0.05, 0.1) is 5.69 Å². The highest BCUT2D eigenvalue weighted by atomic mass is 16.5. The number of nitrogens with zero attached hydrogens (tertiary/aromatic N) is 5. The molecule has 0 saturated carbocycles. The van der Waals surface area contributed by atoms with E-state index in [-0.39, 0.29) is 23.6 Å². The van der Waals surface area contributed by atoms with Crippen LogP contribution in [0, 0.1) is 0 Å². The van der Waals surface area contributed by atoms with Gasteiger partial charge in [-0.3, -0.25) is 9.78 Å². The molecule has 1 unspecified atom stereocenters. The predicted octanol–water partition coefficient (Wildman–Crippen LogP) is 2.83. The van der Waals surface area contributed by atoms with Crippen LogP contribution in [0.1, 0.15) is 54.4 Å². The fourth-order valence-corrected chi connectivity index (χ4v) is 2.67. The molecule has 1 amide bonds.